The Morgan fingerprint density at radius 1 is 0.891 bits per heavy atom. The molecule has 248 valence electrons. The van der Waals surface area contributed by atoms with Crippen LogP contribution >= 0.6 is 15.9 Å². The van der Waals surface area contributed by atoms with Gasteiger partial charge < -0.3 is 29.2 Å². The third-order valence-electron chi connectivity index (χ3n) is 7.99. The normalized spacial score (nSPS) is 13.9. The lowest BCUT2D eigenvalue weighted by atomic mass is 10.1. The van der Waals surface area contributed by atoms with Crippen LogP contribution in [0.2, 0.25) is 0 Å². The van der Waals surface area contributed by atoms with E-state index in [1.165, 1.54) is 57.6 Å². The number of halogens is 1. The molecule has 2 amide bonds. The minimum Gasteiger partial charge on any atom is -0.497 e. The number of benzene rings is 3. The molecule has 0 unspecified atom stereocenters. The second-order valence-electron chi connectivity index (χ2n) is 10.9. The number of carbonyl (C=O) groups excluding carboxylic acids is 2. The smallest absolute Gasteiger partial charge is 0.265 e. The van der Waals surface area contributed by atoms with E-state index >= 15 is 0 Å². The average Bonchev–Trinajstić information content (AvgIpc) is 3.57. The lowest BCUT2D eigenvalue weighted by Crippen LogP contribution is -2.52. The van der Waals surface area contributed by atoms with Crippen molar-refractivity contribution in [2.75, 3.05) is 39.3 Å². The molecule has 0 spiro atoms. The van der Waals surface area contributed by atoms with E-state index in [1.807, 2.05) is 24.3 Å². The fourth-order valence-electron chi connectivity index (χ4n) is 5.42. The molecule has 1 aliphatic carbocycles. The molecular formula is C33H40BrN3O8S. The molecule has 1 aliphatic rings. The third-order valence-corrected chi connectivity index (χ3v) is 10.2. The maximum absolute atomic E-state index is 14.4. The number of amides is 2. The Hall–Kier alpha value is -3.97. The van der Waals surface area contributed by atoms with Crippen molar-refractivity contribution in [2.24, 2.45) is 0 Å². The van der Waals surface area contributed by atoms with Crippen LogP contribution in [0.5, 0.6) is 23.0 Å². The van der Waals surface area contributed by atoms with Crippen LogP contribution in [0.1, 0.15) is 38.2 Å². The predicted molar refractivity (Wildman–Crippen MR) is 178 cm³/mol. The van der Waals surface area contributed by atoms with Crippen LogP contribution in [0.25, 0.3) is 0 Å². The zero-order chi connectivity index (χ0) is 33.4. The first-order valence-electron chi connectivity index (χ1n) is 14.8. The number of hydrogen-bond acceptors (Lipinski definition) is 8. The standard InChI is InChI=1S/C33H40BrN3O8S/c1-22(33(39)35-25-11-6-7-12-25)36(20-23-9-8-10-24(34)17-23)32(38)21-37(28-18-26(42-2)13-15-29(28)43-3)46(40,41)27-14-16-30(44-4)31(19-27)45-5/h8-10,13-19,22,25H,6-7,11-12,20-21H2,1-5H3,(H,35,39)/t22-/m0/s1. The summed E-state index contributed by atoms with van der Waals surface area (Å²) in [7, 11) is 1.27. The van der Waals surface area contributed by atoms with Crippen LogP contribution in [-0.4, -0.2) is 72.2 Å². The van der Waals surface area contributed by atoms with Crippen molar-refractivity contribution >= 4 is 43.5 Å². The van der Waals surface area contributed by atoms with Crippen molar-refractivity contribution in [3.8, 4) is 23.0 Å². The number of sulfonamides is 1. The summed E-state index contributed by atoms with van der Waals surface area (Å²) in [6, 6.07) is 15.4. The van der Waals surface area contributed by atoms with Crippen molar-refractivity contribution in [1.29, 1.82) is 0 Å². The molecule has 0 heterocycles. The summed E-state index contributed by atoms with van der Waals surface area (Å²) >= 11 is 3.47. The van der Waals surface area contributed by atoms with E-state index in [2.05, 4.69) is 21.2 Å². The molecule has 46 heavy (non-hydrogen) atoms. The minimum absolute atomic E-state index is 0.0424. The largest absolute Gasteiger partial charge is 0.497 e. The number of ether oxygens (including phenoxy) is 4. The Balaban J connectivity index is 1.79. The highest BCUT2D eigenvalue weighted by Gasteiger charge is 2.35. The van der Waals surface area contributed by atoms with Gasteiger partial charge in [0.25, 0.3) is 10.0 Å². The van der Waals surface area contributed by atoms with Crippen molar-refractivity contribution in [3.05, 3.63) is 70.7 Å². The van der Waals surface area contributed by atoms with Gasteiger partial charge in [-0.2, -0.15) is 0 Å². The highest BCUT2D eigenvalue weighted by atomic mass is 79.9. The van der Waals surface area contributed by atoms with Gasteiger partial charge in [0.05, 0.1) is 39.0 Å². The van der Waals surface area contributed by atoms with E-state index in [-0.39, 0.29) is 40.6 Å². The first-order valence-corrected chi connectivity index (χ1v) is 17.1. The Morgan fingerprint density at radius 2 is 1.57 bits per heavy atom. The van der Waals surface area contributed by atoms with Crippen molar-refractivity contribution in [2.45, 2.75) is 56.1 Å². The molecule has 4 rings (SSSR count). The Labute approximate surface area is 278 Å². The Morgan fingerprint density at radius 3 is 2.20 bits per heavy atom. The molecule has 11 nitrogen and oxygen atoms in total. The molecule has 1 fully saturated rings. The van der Waals surface area contributed by atoms with Gasteiger partial charge in [-0.1, -0.05) is 40.9 Å². The van der Waals surface area contributed by atoms with Crippen LogP contribution in [0, 0.1) is 0 Å². The minimum atomic E-state index is -4.44. The van der Waals surface area contributed by atoms with Crippen LogP contribution in [-0.2, 0) is 26.2 Å². The van der Waals surface area contributed by atoms with Gasteiger partial charge >= 0.3 is 0 Å². The number of anilines is 1. The van der Waals surface area contributed by atoms with Gasteiger partial charge in [0.1, 0.15) is 24.1 Å². The predicted octanol–water partition coefficient (Wildman–Crippen LogP) is 5.15. The average molecular weight is 719 g/mol. The van der Waals surface area contributed by atoms with Gasteiger partial charge in [-0.15, -0.1) is 0 Å². The summed E-state index contributed by atoms with van der Waals surface area (Å²) in [6.45, 7) is 1.08. The number of nitrogens with zero attached hydrogens (tertiary/aromatic N) is 2. The molecule has 0 radical (unpaired) electrons. The maximum atomic E-state index is 14.4. The molecule has 0 aliphatic heterocycles. The molecule has 0 bridgehead atoms. The summed E-state index contributed by atoms with van der Waals surface area (Å²) in [6.07, 6.45) is 3.83. The molecule has 3 aromatic rings. The Kier molecular flexibility index (Phi) is 11.8. The van der Waals surface area contributed by atoms with E-state index in [9.17, 15) is 18.0 Å². The van der Waals surface area contributed by atoms with Crippen LogP contribution in [0.4, 0.5) is 5.69 Å². The van der Waals surface area contributed by atoms with Crippen LogP contribution in [0.15, 0.2) is 70.0 Å². The first kappa shape index (κ1) is 34.9. The third kappa shape index (κ3) is 8.05. The maximum Gasteiger partial charge on any atom is 0.265 e. The lowest BCUT2D eigenvalue weighted by molar-refractivity contribution is -0.139. The second kappa shape index (κ2) is 15.5. The molecule has 13 heteroatoms. The van der Waals surface area contributed by atoms with E-state index in [4.69, 9.17) is 18.9 Å². The van der Waals surface area contributed by atoms with Crippen molar-refractivity contribution < 1.29 is 37.0 Å². The van der Waals surface area contributed by atoms with Crippen LogP contribution < -0.4 is 28.6 Å². The van der Waals surface area contributed by atoms with Gasteiger partial charge in [0.15, 0.2) is 11.5 Å². The van der Waals surface area contributed by atoms with Crippen LogP contribution in [0.3, 0.4) is 0 Å². The molecule has 1 atom stereocenters. The zero-order valence-corrected chi connectivity index (χ0v) is 29.0. The fraction of sp³-hybridized carbons (Fsp3) is 0.394. The van der Waals surface area contributed by atoms with Gasteiger partial charge in [0, 0.05) is 29.2 Å². The van der Waals surface area contributed by atoms with E-state index in [1.54, 1.807) is 19.1 Å². The highest BCUT2D eigenvalue weighted by Crippen LogP contribution is 2.38. The molecule has 1 N–H and O–H groups in total. The SMILES string of the molecule is COc1ccc(OC)c(N(CC(=O)N(Cc2cccc(Br)c2)[C@@H](C)C(=O)NC2CCCC2)S(=O)(=O)c2ccc(OC)c(OC)c2)c1. The van der Waals surface area contributed by atoms with Gasteiger partial charge in [-0.25, -0.2) is 8.42 Å². The topological polar surface area (TPSA) is 124 Å². The number of rotatable bonds is 14. The summed E-state index contributed by atoms with van der Waals surface area (Å²) in [5, 5.41) is 3.07. The molecule has 3 aromatic carbocycles. The number of nitrogens with one attached hydrogen (secondary N) is 1. The van der Waals surface area contributed by atoms with Gasteiger partial charge in [0.2, 0.25) is 11.8 Å². The highest BCUT2D eigenvalue weighted by molar-refractivity contribution is 9.10. The summed E-state index contributed by atoms with van der Waals surface area (Å²) in [5.41, 5.74) is 0.840. The monoisotopic (exact) mass is 717 g/mol. The molecule has 0 saturated heterocycles. The Bertz CT molecular complexity index is 1650. The van der Waals surface area contributed by atoms with E-state index < -0.39 is 28.5 Å². The quantitative estimate of drug-likeness (QED) is 0.243. The summed E-state index contributed by atoms with van der Waals surface area (Å²) in [4.78, 5) is 29.1. The summed E-state index contributed by atoms with van der Waals surface area (Å²) in [5.74, 6) is 0.187. The van der Waals surface area contributed by atoms with Crippen molar-refractivity contribution in [1.82, 2.24) is 10.2 Å². The van der Waals surface area contributed by atoms with Crippen molar-refractivity contribution in [3.63, 3.8) is 0 Å². The molecule has 0 aromatic heterocycles. The summed E-state index contributed by atoms with van der Waals surface area (Å²) < 4.78 is 52.3. The zero-order valence-electron chi connectivity index (χ0n) is 26.6. The van der Waals surface area contributed by atoms with Gasteiger partial charge in [-0.3, -0.25) is 13.9 Å². The first-order chi connectivity index (χ1) is 22.0. The lowest BCUT2D eigenvalue weighted by Gasteiger charge is -2.33. The number of methoxy groups -OCH3 is 4. The number of hydrogen-bond donors (Lipinski definition) is 1. The molecular weight excluding hydrogens is 678 g/mol. The van der Waals surface area contributed by atoms with E-state index in [0.717, 1.165) is 40.0 Å². The number of carbonyl (C=O) groups is 2. The second-order valence-corrected chi connectivity index (χ2v) is 13.7. The fourth-order valence-corrected chi connectivity index (χ4v) is 7.29. The molecule has 1 saturated carbocycles. The van der Waals surface area contributed by atoms with E-state index in [0.29, 0.717) is 11.5 Å². The van der Waals surface area contributed by atoms with Gasteiger partial charge in [-0.05, 0) is 61.7 Å².